The van der Waals surface area contributed by atoms with E-state index in [1.165, 1.54) is 19.1 Å². The Hall–Kier alpha value is -1.99. The molecule has 0 spiro atoms. The van der Waals surface area contributed by atoms with Crippen molar-refractivity contribution < 1.29 is 23.8 Å². The fourth-order valence-corrected chi connectivity index (χ4v) is 3.33. The van der Waals surface area contributed by atoms with Gasteiger partial charge in [-0.25, -0.2) is 0 Å². The molecule has 0 aromatic heterocycles. The van der Waals surface area contributed by atoms with Gasteiger partial charge in [-0.2, -0.15) is 0 Å². The van der Waals surface area contributed by atoms with Crippen LogP contribution in [-0.4, -0.2) is 51.8 Å². The van der Waals surface area contributed by atoms with Gasteiger partial charge in [-0.3, -0.25) is 14.5 Å². The zero-order chi connectivity index (χ0) is 19.3. The molecule has 1 unspecified atom stereocenters. The Morgan fingerprint density at radius 3 is 2.58 bits per heavy atom. The molecule has 1 aliphatic heterocycles. The van der Waals surface area contributed by atoms with Gasteiger partial charge in [0.25, 0.3) is 0 Å². The monoisotopic (exact) mass is 384 g/mol. The topological polar surface area (TPSA) is 77.1 Å². The zero-order valence-electron chi connectivity index (χ0n) is 15.6. The number of carbonyl (C=O) groups excluding carboxylic acids is 2. The van der Waals surface area contributed by atoms with Crippen LogP contribution in [0, 0.1) is 0 Å². The molecule has 1 N–H and O–H groups in total. The van der Waals surface area contributed by atoms with E-state index in [-0.39, 0.29) is 18.2 Å². The Kier molecular flexibility index (Phi) is 6.72. The van der Waals surface area contributed by atoms with Crippen molar-refractivity contribution in [1.82, 2.24) is 5.32 Å². The number of nitrogens with zero attached hydrogens (tertiary/aromatic N) is 1. The first-order chi connectivity index (χ1) is 12.4. The average molecular weight is 385 g/mol. The molecule has 7 nitrogen and oxygen atoms in total. The third kappa shape index (κ3) is 3.88. The molecular weight excluding hydrogens is 360 g/mol. The quantitative estimate of drug-likeness (QED) is 0.696. The number of anilines is 1. The molecule has 1 aliphatic rings. The molecule has 144 valence electrons. The Balaban J connectivity index is 2.35. The van der Waals surface area contributed by atoms with Crippen molar-refractivity contribution >= 4 is 29.1 Å². The molecule has 2 rings (SSSR count). The first-order valence-corrected chi connectivity index (χ1v) is 8.78. The summed E-state index contributed by atoms with van der Waals surface area (Å²) in [5.74, 6) is 0.483. The van der Waals surface area contributed by atoms with Crippen molar-refractivity contribution in [1.29, 1.82) is 0 Å². The van der Waals surface area contributed by atoms with Crippen LogP contribution in [0.15, 0.2) is 12.1 Å². The van der Waals surface area contributed by atoms with E-state index in [1.807, 2.05) is 0 Å². The smallest absolute Gasteiger partial charge is 0.246 e. The molecule has 2 amide bonds. The van der Waals surface area contributed by atoms with Crippen molar-refractivity contribution in [3.63, 3.8) is 0 Å². The number of benzene rings is 1. The third-order valence-corrected chi connectivity index (χ3v) is 4.86. The number of methoxy groups -OCH3 is 3. The normalized spacial score (nSPS) is 19.6. The summed E-state index contributed by atoms with van der Waals surface area (Å²) in [6.45, 7) is 2.79. The number of carbonyl (C=O) groups is 2. The molecule has 1 heterocycles. The van der Waals surface area contributed by atoms with Gasteiger partial charge in [-0.1, -0.05) is 11.6 Å². The minimum Gasteiger partial charge on any atom is -0.495 e. The van der Waals surface area contributed by atoms with E-state index in [0.29, 0.717) is 48.2 Å². The Morgan fingerprint density at radius 2 is 1.96 bits per heavy atom. The van der Waals surface area contributed by atoms with Crippen molar-refractivity contribution in [2.75, 3.05) is 39.4 Å². The first kappa shape index (κ1) is 20.3. The van der Waals surface area contributed by atoms with Gasteiger partial charge in [0.1, 0.15) is 17.0 Å². The van der Waals surface area contributed by atoms with Gasteiger partial charge in [-0.15, -0.1) is 0 Å². The minimum absolute atomic E-state index is 0.154. The maximum absolute atomic E-state index is 12.8. The van der Waals surface area contributed by atoms with E-state index in [9.17, 15) is 9.59 Å². The highest BCUT2D eigenvalue weighted by Crippen LogP contribution is 2.44. The average Bonchev–Trinajstić information content (AvgIpc) is 2.94. The van der Waals surface area contributed by atoms with Crippen LogP contribution in [0.3, 0.4) is 0 Å². The summed E-state index contributed by atoms with van der Waals surface area (Å²) in [6, 6.07) is 3.21. The number of ether oxygens (including phenoxy) is 3. The Bertz CT molecular complexity index is 682. The predicted octanol–water partition coefficient (Wildman–Crippen LogP) is 2.40. The van der Waals surface area contributed by atoms with E-state index in [2.05, 4.69) is 5.32 Å². The van der Waals surface area contributed by atoms with Crippen molar-refractivity contribution in [2.24, 2.45) is 0 Å². The standard InChI is InChI=1S/C18H25ClN2O5/c1-18(17(23)20-8-5-9-24-2)7-6-16(22)21(18)13-10-12(19)14(25-3)11-15(13)26-4/h10-11H,5-9H2,1-4H3,(H,20,23). The number of hydrogen-bond acceptors (Lipinski definition) is 5. The fourth-order valence-electron chi connectivity index (χ4n) is 3.09. The lowest BCUT2D eigenvalue weighted by Gasteiger charge is -2.35. The SMILES string of the molecule is COCCCNC(=O)C1(C)CCC(=O)N1c1cc(Cl)c(OC)cc1OC. The highest BCUT2D eigenvalue weighted by Gasteiger charge is 2.49. The Labute approximate surface area is 158 Å². The summed E-state index contributed by atoms with van der Waals surface area (Å²) >= 11 is 6.24. The molecule has 1 aromatic carbocycles. The van der Waals surface area contributed by atoms with E-state index in [1.54, 1.807) is 26.2 Å². The van der Waals surface area contributed by atoms with Crippen LogP contribution in [0.2, 0.25) is 5.02 Å². The maximum Gasteiger partial charge on any atom is 0.246 e. The van der Waals surface area contributed by atoms with Crippen molar-refractivity contribution in [3.05, 3.63) is 17.2 Å². The number of rotatable bonds is 8. The zero-order valence-corrected chi connectivity index (χ0v) is 16.3. The molecular formula is C18H25ClN2O5. The lowest BCUT2D eigenvalue weighted by Crippen LogP contribution is -2.55. The van der Waals surface area contributed by atoms with Crippen LogP contribution >= 0.6 is 11.6 Å². The van der Waals surface area contributed by atoms with Crippen molar-refractivity contribution in [2.45, 2.75) is 31.7 Å². The van der Waals surface area contributed by atoms with Gasteiger partial charge >= 0.3 is 0 Å². The molecule has 0 aliphatic carbocycles. The molecule has 8 heteroatoms. The van der Waals surface area contributed by atoms with Gasteiger partial charge in [0.15, 0.2) is 0 Å². The van der Waals surface area contributed by atoms with Crippen LogP contribution in [0.1, 0.15) is 26.2 Å². The summed E-state index contributed by atoms with van der Waals surface area (Å²) in [7, 11) is 4.61. The second kappa shape index (κ2) is 8.60. The molecule has 0 bridgehead atoms. The number of nitrogens with one attached hydrogen (secondary N) is 1. The van der Waals surface area contributed by atoms with Gasteiger partial charge < -0.3 is 19.5 Å². The summed E-state index contributed by atoms with van der Waals surface area (Å²) in [5.41, 5.74) is -0.564. The highest BCUT2D eigenvalue weighted by atomic mass is 35.5. The molecule has 1 fully saturated rings. The van der Waals surface area contributed by atoms with E-state index in [4.69, 9.17) is 25.8 Å². The lowest BCUT2D eigenvalue weighted by atomic mass is 9.96. The van der Waals surface area contributed by atoms with E-state index < -0.39 is 5.54 Å². The van der Waals surface area contributed by atoms with Crippen LogP contribution in [0.5, 0.6) is 11.5 Å². The van der Waals surface area contributed by atoms with Crippen molar-refractivity contribution in [3.8, 4) is 11.5 Å². The summed E-state index contributed by atoms with van der Waals surface area (Å²) in [5, 5.41) is 3.22. The summed E-state index contributed by atoms with van der Waals surface area (Å²) in [6.07, 6.45) is 1.38. The number of halogens is 1. The molecule has 0 saturated carbocycles. The van der Waals surface area contributed by atoms with Gasteiger partial charge in [0.05, 0.1) is 24.9 Å². The lowest BCUT2D eigenvalue weighted by molar-refractivity contribution is -0.127. The number of hydrogen-bond donors (Lipinski definition) is 1. The van der Waals surface area contributed by atoms with Crippen LogP contribution in [-0.2, 0) is 14.3 Å². The fraction of sp³-hybridized carbons (Fsp3) is 0.556. The van der Waals surface area contributed by atoms with Crippen LogP contribution in [0.25, 0.3) is 0 Å². The third-order valence-electron chi connectivity index (χ3n) is 4.56. The second-order valence-electron chi connectivity index (χ2n) is 6.26. The molecule has 1 saturated heterocycles. The second-order valence-corrected chi connectivity index (χ2v) is 6.67. The van der Waals surface area contributed by atoms with E-state index >= 15 is 0 Å². The molecule has 1 atom stereocenters. The molecule has 0 radical (unpaired) electrons. The Morgan fingerprint density at radius 1 is 1.27 bits per heavy atom. The summed E-state index contributed by atoms with van der Waals surface area (Å²) < 4.78 is 15.6. The van der Waals surface area contributed by atoms with Gasteiger partial charge in [-0.05, 0) is 25.8 Å². The molecule has 1 aromatic rings. The van der Waals surface area contributed by atoms with Gasteiger partial charge in [0, 0.05) is 32.7 Å². The largest absolute Gasteiger partial charge is 0.495 e. The van der Waals surface area contributed by atoms with Crippen LogP contribution < -0.4 is 19.7 Å². The van der Waals surface area contributed by atoms with Gasteiger partial charge in [0.2, 0.25) is 11.8 Å². The predicted molar refractivity (Wildman–Crippen MR) is 99.2 cm³/mol. The molecule has 26 heavy (non-hydrogen) atoms. The minimum atomic E-state index is -1.02. The van der Waals surface area contributed by atoms with E-state index in [0.717, 1.165) is 0 Å². The number of amides is 2. The maximum atomic E-state index is 12.8. The van der Waals surface area contributed by atoms with Crippen LogP contribution in [0.4, 0.5) is 5.69 Å². The first-order valence-electron chi connectivity index (χ1n) is 8.41. The summed E-state index contributed by atoms with van der Waals surface area (Å²) in [4.78, 5) is 26.9. The highest BCUT2D eigenvalue weighted by molar-refractivity contribution is 6.32.